The molecule has 0 spiro atoms. The number of phenolic OH excluding ortho intramolecular Hbond substituents is 1. The maximum Gasteiger partial charge on any atom is 0.303 e. The Kier molecular flexibility index (Phi) is 6.68. The number of carboxylic acid groups (broad SMARTS) is 1. The number of aryl methyl sites for hydroxylation is 1. The number of rotatable bonds is 8. The normalized spacial score (nSPS) is 13.4. The summed E-state index contributed by atoms with van der Waals surface area (Å²) < 4.78 is 0. The topological polar surface area (TPSA) is 113 Å². The van der Waals surface area contributed by atoms with Gasteiger partial charge in [0.05, 0.1) is 6.04 Å². The van der Waals surface area contributed by atoms with Gasteiger partial charge in [0.15, 0.2) is 0 Å². The second kappa shape index (κ2) is 8.26. The van der Waals surface area contributed by atoms with E-state index in [0.29, 0.717) is 0 Å². The summed E-state index contributed by atoms with van der Waals surface area (Å²) >= 11 is 0. The largest absolute Gasteiger partial charge is 0.508 e. The van der Waals surface area contributed by atoms with Crippen molar-refractivity contribution in [2.45, 2.75) is 44.7 Å². The van der Waals surface area contributed by atoms with Gasteiger partial charge in [-0.25, -0.2) is 0 Å². The molecular formula is C15H22N2O4. The SMILES string of the molecule is CC(CCc1ccc(O)cc1)NC(=O)C(N)CCC(=O)O. The molecule has 2 unspecified atom stereocenters. The Hall–Kier alpha value is -2.08. The Morgan fingerprint density at radius 1 is 1.24 bits per heavy atom. The first-order chi connectivity index (χ1) is 9.88. The van der Waals surface area contributed by atoms with Gasteiger partial charge in [-0.1, -0.05) is 12.1 Å². The molecular weight excluding hydrogens is 272 g/mol. The number of carbonyl (C=O) groups is 2. The van der Waals surface area contributed by atoms with Gasteiger partial charge in [0.2, 0.25) is 5.91 Å². The highest BCUT2D eigenvalue weighted by Crippen LogP contribution is 2.12. The van der Waals surface area contributed by atoms with Crippen molar-refractivity contribution in [2.24, 2.45) is 5.73 Å². The van der Waals surface area contributed by atoms with Crippen LogP contribution in [0.1, 0.15) is 31.7 Å². The second-order valence-corrected chi connectivity index (χ2v) is 5.15. The summed E-state index contributed by atoms with van der Waals surface area (Å²) in [4.78, 5) is 22.2. The molecule has 0 aliphatic heterocycles. The zero-order chi connectivity index (χ0) is 15.8. The number of aliphatic carboxylic acids is 1. The molecule has 1 aromatic rings. The highest BCUT2D eigenvalue weighted by atomic mass is 16.4. The molecule has 0 aliphatic rings. The van der Waals surface area contributed by atoms with Crippen LogP contribution in [0, 0.1) is 0 Å². The predicted octanol–water partition coefficient (Wildman–Crippen LogP) is 1.02. The monoisotopic (exact) mass is 294 g/mol. The van der Waals surface area contributed by atoms with E-state index in [1.807, 2.05) is 19.1 Å². The molecule has 0 fully saturated rings. The molecule has 1 aromatic carbocycles. The van der Waals surface area contributed by atoms with Crippen molar-refractivity contribution in [3.8, 4) is 5.75 Å². The summed E-state index contributed by atoms with van der Waals surface area (Å²) in [6, 6.07) is 6.07. The number of carboxylic acids is 1. The molecule has 6 heteroatoms. The maximum atomic E-state index is 11.8. The highest BCUT2D eigenvalue weighted by Gasteiger charge is 2.16. The first-order valence-corrected chi connectivity index (χ1v) is 6.94. The Balaban J connectivity index is 2.32. The zero-order valence-corrected chi connectivity index (χ0v) is 12.1. The van der Waals surface area contributed by atoms with Crippen LogP contribution in [-0.2, 0) is 16.0 Å². The fourth-order valence-corrected chi connectivity index (χ4v) is 1.88. The minimum atomic E-state index is -0.960. The smallest absolute Gasteiger partial charge is 0.303 e. The van der Waals surface area contributed by atoms with Crippen LogP contribution < -0.4 is 11.1 Å². The van der Waals surface area contributed by atoms with Crippen LogP contribution in [-0.4, -0.2) is 34.2 Å². The van der Waals surface area contributed by atoms with E-state index in [2.05, 4.69) is 5.32 Å². The average molecular weight is 294 g/mol. The first kappa shape index (κ1) is 17.0. The third-order valence-electron chi connectivity index (χ3n) is 3.20. The van der Waals surface area contributed by atoms with E-state index in [9.17, 15) is 14.7 Å². The van der Waals surface area contributed by atoms with Gasteiger partial charge >= 0.3 is 5.97 Å². The van der Waals surface area contributed by atoms with Crippen LogP contribution in [0.5, 0.6) is 5.75 Å². The second-order valence-electron chi connectivity index (χ2n) is 5.15. The number of phenols is 1. The van der Waals surface area contributed by atoms with Crippen LogP contribution in [0.15, 0.2) is 24.3 Å². The maximum absolute atomic E-state index is 11.8. The van der Waals surface area contributed by atoms with Crippen LogP contribution in [0.3, 0.4) is 0 Å². The number of benzene rings is 1. The number of hydrogen-bond acceptors (Lipinski definition) is 4. The standard InChI is InChI=1S/C15H22N2O4/c1-10(2-3-11-4-6-12(18)7-5-11)17-15(21)13(16)8-9-14(19)20/h4-7,10,13,18H,2-3,8-9,16H2,1H3,(H,17,21)(H,19,20). The van der Waals surface area contributed by atoms with Crippen molar-refractivity contribution >= 4 is 11.9 Å². The number of nitrogens with two attached hydrogens (primary N) is 1. The zero-order valence-electron chi connectivity index (χ0n) is 12.1. The van der Waals surface area contributed by atoms with Gasteiger partial charge in [0.25, 0.3) is 0 Å². The molecule has 1 amide bonds. The average Bonchev–Trinajstić information content (AvgIpc) is 2.44. The molecule has 0 heterocycles. The number of aromatic hydroxyl groups is 1. The Morgan fingerprint density at radius 2 is 1.86 bits per heavy atom. The number of nitrogens with one attached hydrogen (secondary N) is 1. The van der Waals surface area contributed by atoms with E-state index in [1.165, 1.54) is 0 Å². The molecule has 0 saturated heterocycles. The Bertz CT molecular complexity index is 473. The van der Waals surface area contributed by atoms with Gasteiger partial charge < -0.3 is 21.3 Å². The third-order valence-corrected chi connectivity index (χ3v) is 3.20. The summed E-state index contributed by atoms with van der Waals surface area (Å²) in [5.74, 6) is -1.06. The Labute approximate surface area is 124 Å². The molecule has 1 rings (SSSR count). The van der Waals surface area contributed by atoms with E-state index in [1.54, 1.807) is 12.1 Å². The summed E-state index contributed by atoms with van der Waals surface area (Å²) in [6.07, 6.45) is 1.52. The first-order valence-electron chi connectivity index (χ1n) is 6.94. The van der Waals surface area contributed by atoms with Crippen molar-refractivity contribution in [1.29, 1.82) is 0 Å². The van der Waals surface area contributed by atoms with Crippen molar-refractivity contribution in [2.75, 3.05) is 0 Å². The van der Waals surface area contributed by atoms with E-state index in [0.717, 1.165) is 18.4 Å². The van der Waals surface area contributed by atoms with Crippen molar-refractivity contribution in [3.05, 3.63) is 29.8 Å². The van der Waals surface area contributed by atoms with Crippen LogP contribution in [0.2, 0.25) is 0 Å². The molecule has 0 bridgehead atoms. The summed E-state index contributed by atoms with van der Waals surface area (Å²) in [7, 11) is 0. The van der Waals surface area contributed by atoms with E-state index >= 15 is 0 Å². The van der Waals surface area contributed by atoms with Crippen molar-refractivity contribution in [3.63, 3.8) is 0 Å². The molecule has 0 aliphatic carbocycles. The van der Waals surface area contributed by atoms with Gasteiger partial charge in [-0.15, -0.1) is 0 Å². The molecule has 21 heavy (non-hydrogen) atoms. The van der Waals surface area contributed by atoms with Gasteiger partial charge in [0, 0.05) is 12.5 Å². The molecule has 0 radical (unpaired) electrons. The molecule has 0 aromatic heterocycles. The summed E-state index contributed by atoms with van der Waals surface area (Å²) in [5, 5.41) is 20.5. The third kappa shape index (κ3) is 6.76. The van der Waals surface area contributed by atoms with Gasteiger partial charge in [-0.3, -0.25) is 9.59 Å². The quantitative estimate of drug-likeness (QED) is 0.572. The minimum Gasteiger partial charge on any atom is -0.508 e. The molecule has 2 atom stereocenters. The van der Waals surface area contributed by atoms with Crippen LogP contribution in [0.25, 0.3) is 0 Å². The van der Waals surface area contributed by atoms with Crippen molar-refractivity contribution < 1.29 is 19.8 Å². The van der Waals surface area contributed by atoms with E-state index < -0.39 is 12.0 Å². The number of carbonyl (C=O) groups excluding carboxylic acids is 1. The van der Waals surface area contributed by atoms with Gasteiger partial charge in [-0.05, 0) is 43.9 Å². The van der Waals surface area contributed by atoms with Crippen LogP contribution in [0.4, 0.5) is 0 Å². The lowest BCUT2D eigenvalue weighted by Crippen LogP contribution is -2.44. The molecule has 6 nitrogen and oxygen atoms in total. The van der Waals surface area contributed by atoms with Gasteiger partial charge in [-0.2, -0.15) is 0 Å². The number of amides is 1. The van der Waals surface area contributed by atoms with E-state index in [4.69, 9.17) is 10.8 Å². The highest BCUT2D eigenvalue weighted by molar-refractivity contribution is 5.82. The fourth-order valence-electron chi connectivity index (χ4n) is 1.88. The van der Waals surface area contributed by atoms with E-state index in [-0.39, 0.29) is 30.5 Å². The lowest BCUT2D eigenvalue weighted by molar-refractivity contribution is -0.137. The lowest BCUT2D eigenvalue weighted by Gasteiger charge is -2.17. The molecule has 116 valence electrons. The number of hydrogen-bond donors (Lipinski definition) is 4. The molecule has 0 saturated carbocycles. The minimum absolute atomic E-state index is 0.0535. The fraction of sp³-hybridized carbons (Fsp3) is 0.467. The molecule has 5 N–H and O–H groups in total. The summed E-state index contributed by atoms with van der Waals surface area (Å²) in [5.41, 5.74) is 6.71. The van der Waals surface area contributed by atoms with Crippen LogP contribution >= 0.6 is 0 Å². The summed E-state index contributed by atoms with van der Waals surface area (Å²) in [6.45, 7) is 1.88. The lowest BCUT2D eigenvalue weighted by atomic mass is 10.1. The predicted molar refractivity (Wildman–Crippen MR) is 78.9 cm³/mol. The Morgan fingerprint density at radius 3 is 2.43 bits per heavy atom. The van der Waals surface area contributed by atoms with Crippen molar-refractivity contribution in [1.82, 2.24) is 5.32 Å². The van der Waals surface area contributed by atoms with Gasteiger partial charge in [0.1, 0.15) is 5.75 Å².